The molecule has 2 fully saturated rings. The Hall–Kier alpha value is -3.73. The molecule has 0 heterocycles. The molecule has 272 valence electrons. The fourth-order valence-corrected chi connectivity index (χ4v) is 9.57. The Kier molecular flexibility index (Phi) is 9.16. The third-order valence-electron chi connectivity index (χ3n) is 11.0. The number of carbonyl (C=O) groups excluding carboxylic acids is 4. The summed E-state index contributed by atoms with van der Waals surface area (Å²) in [5.74, 6) is -8.73. The third kappa shape index (κ3) is 5.45. The summed E-state index contributed by atoms with van der Waals surface area (Å²) in [5.41, 5.74) is -1.61. The number of halogens is 4. The van der Waals surface area contributed by atoms with Crippen LogP contribution in [-0.2, 0) is 22.2 Å². The second-order valence-corrected chi connectivity index (χ2v) is 15.7. The van der Waals surface area contributed by atoms with E-state index in [1.807, 2.05) is 0 Å². The lowest BCUT2D eigenvalue weighted by Gasteiger charge is -2.66. The van der Waals surface area contributed by atoms with Crippen LogP contribution in [0.2, 0.25) is 0 Å². The molecule has 2 saturated carbocycles. The number of anilines is 3. The van der Waals surface area contributed by atoms with Gasteiger partial charge in [0.2, 0.25) is 5.91 Å². The molecule has 8 atom stereocenters. The average Bonchev–Trinajstić information content (AvgIpc) is 2.96. The summed E-state index contributed by atoms with van der Waals surface area (Å²) in [5, 5.41) is 51.6. The summed E-state index contributed by atoms with van der Waals surface area (Å²) < 4.78 is 41.2. The quantitative estimate of drug-likeness (QED) is 0.173. The predicted octanol–water partition coefficient (Wildman–Crippen LogP) is 4.06. The number of aromatic hydroxyl groups is 1. The maximum Gasteiger partial charge on any atom is 0.418 e. The molecule has 0 saturated heterocycles. The van der Waals surface area contributed by atoms with Gasteiger partial charge in [0.05, 0.1) is 34.5 Å². The van der Waals surface area contributed by atoms with Crippen LogP contribution in [0, 0.1) is 34.5 Å². The number of ketones is 2. The van der Waals surface area contributed by atoms with E-state index >= 15 is 0 Å². The minimum atomic E-state index is -4.82. The normalized spacial score (nSPS) is 32.2. The van der Waals surface area contributed by atoms with Crippen molar-refractivity contribution in [2.24, 2.45) is 40.2 Å². The van der Waals surface area contributed by atoms with Crippen LogP contribution in [0.25, 0.3) is 0 Å². The number of benzene rings is 2. The minimum Gasteiger partial charge on any atom is -0.505 e. The number of nitrogens with two attached hydrogens (primary N) is 1. The molecule has 0 aromatic heterocycles. The van der Waals surface area contributed by atoms with Gasteiger partial charge in [-0.15, -0.1) is 0 Å². The summed E-state index contributed by atoms with van der Waals surface area (Å²) in [6, 6.07) is 3.30. The number of carbonyl (C=O) groups is 4. The third-order valence-corrected chi connectivity index (χ3v) is 11.5. The molecular weight excluding hydrogens is 729 g/mol. The Bertz CT molecular complexity index is 1800. The maximum atomic E-state index is 14.5. The molecule has 8 N–H and O–H groups in total. The van der Waals surface area contributed by atoms with Gasteiger partial charge < -0.3 is 41.7 Å². The van der Waals surface area contributed by atoms with Crippen molar-refractivity contribution in [3.05, 3.63) is 45.4 Å². The van der Waals surface area contributed by atoms with Crippen molar-refractivity contribution in [2.45, 2.75) is 64.5 Å². The number of phenolic OH excluding ortho intramolecular Hbond substituents is 1. The summed E-state index contributed by atoms with van der Waals surface area (Å²) in [6.45, 7) is 6.73. The van der Waals surface area contributed by atoms with Crippen molar-refractivity contribution in [1.29, 1.82) is 0 Å². The molecule has 3 amide bonds. The number of phenols is 1. The van der Waals surface area contributed by atoms with Gasteiger partial charge in [-0.3, -0.25) is 14.4 Å². The van der Waals surface area contributed by atoms with E-state index in [1.54, 1.807) is 46.7 Å². The van der Waals surface area contributed by atoms with Gasteiger partial charge in [-0.1, -0.05) is 43.6 Å². The van der Waals surface area contributed by atoms with Gasteiger partial charge >= 0.3 is 12.2 Å². The second kappa shape index (κ2) is 12.2. The van der Waals surface area contributed by atoms with Crippen LogP contribution in [0.3, 0.4) is 0 Å². The van der Waals surface area contributed by atoms with E-state index in [-0.39, 0.29) is 28.6 Å². The molecule has 2 unspecified atom stereocenters. The van der Waals surface area contributed by atoms with Crippen LogP contribution in [0.5, 0.6) is 5.75 Å². The smallest absolute Gasteiger partial charge is 0.418 e. The molecule has 50 heavy (non-hydrogen) atoms. The number of nitrogens with one attached hydrogen (secondary N) is 2. The van der Waals surface area contributed by atoms with E-state index in [0.717, 1.165) is 12.1 Å². The van der Waals surface area contributed by atoms with Crippen LogP contribution in [0.4, 0.5) is 35.0 Å². The van der Waals surface area contributed by atoms with Crippen molar-refractivity contribution < 1.29 is 52.8 Å². The number of hydrogen-bond acceptors (Lipinski definition) is 9. The Morgan fingerprint density at radius 1 is 1.08 bits per heavy atom. The Morgan fingerprint density at radius 3 is 2.22 bits per heavy atom. The summed E-state index contributed by atoms with van der Waals surface area (Å²) in [7, 11) is 3.27. The molecule has 0 spiro atoms. The molecule has 0 radical (unpaired) electrons. The average molecular weight is 770 g/mol. The first-order chi connectivity index (χ1) is 22.9. The number of primary amides is 1. The lowest BCUT2D eigenvalue weighted by atomic mass is 9.39. The van der Waals surface area contributed by atoms with Crippen LogP contribution in [0.1, 0.15) is 55.6 Å². The first-order valence-electron chi connectivity index (χ1n) is 15.9. The van der Waals surface area contributed by atoms with E-state index in [0.29, 0.717) is 11.3 Å². The molecule has 0 bridgehead atoms. The van der Waals surface area contributed by atoms with Crippen LogP contribution in [-0.4, -0.2) is 75.8 Å². The monoisotopic (exact) mass is 768 g/mol. The highest BCUT2D eigenvalue weighted by Gasteiger charge is 2.76. The summed E-state index contributed by atoms with van der Waals surface area (Å²) >= 11 is 2.98. The molecule has 5 rings (SSSR count). The number of aliphatic hydroxyl groups excluding tert-OH is 2. The van der Waals surface area contributed by atoms with Gasteiger partial charge in [-0.2, -0.15) is 13.2 Å². The molecule has 12 nitrogen and oxygen atoms in total. The van der Waals surface area contributed by atoms with Crippen molar-refractivity contribution in [3.63, 3.8) is 0 Å². The van der Waals surface area contributed by atoms with Crippen molar-refractivity contribution in [3.8, 4) is 5.75 Å². The number of hydrogen-bond donors (Lipinski definition) is 7. The zero-order valence-electron chi connectivity index (χ0n) is 28.1. The minimum absolute atomic E-state index is 0.0250. The van der Waals surface area contributed by atoms with Crippen LogP contribution < -0.4 is 21.3 Å². The van der Waals surface area contributed by atoms with Gasteiger partial charge in [0.15, 0.2) is 17.2 Å². The summed E-state index contributed by atoms with van der Waals surface area (Å²) in [6.07, 6.45) is -8.55. The first kappa shape index (κ1) is 37.5. The largest absolute Gasteiger partial charge is 0.505 e. The number of amides is 3. The highest BCUT2D eigenvalue weighted by molar-refractivity contribution is 9.10. The molecule has 0 aliphatic heterocycles. The van der Waals surface area contributed by atoms with Gasteiger partial charge in [0.25, 0.3) is 0 Å². The lowest BCUT2D eigenvalue weighted by molar-refractivity contribution is -0.265. The molecule has 3 aliphatic carbocycles. The second-order valence-electron chi connectivity index (χ2n) is 14.8. The predicted molar refractivity (Wildman–Crippen MR) is 180 cm³/mol. The Balaban J connectivity index is 1.61. The molecular formula is C34H40BrF3N4O8. The highest BCUT2D eigenvalue weighted by atomic mass is 79.9. The van der Waals surface area contributed by atoms with E-state index in [1.165, 1.54) is 12.1 Å². The van der Waals surface area contributed by atoms with Gasteiger partial charge in [0, 0.05) is 29.7 Å². The van der Waals surface area contributed by atoms with Gasteiger partial charge in [-0.05, 0) is 59.9 Å². The number of Topliss-reactive ketones (excluding diaryl/α,β-unsaturated/α-hetero) is 2. The SMILES string of the molecule is CC(C)[C@H]1C(O)[C@@H](C(N)=O)C(=O)[C@]2(O)C(O)[C@H]3C(=O)c4c(O)c(NC(=O)Nc5ccc(Br)cc5C(F)(F)F)cc(N(C)C)c4C[C@]3(C)C[C@]12C. The fraction of sp³-hybridized carbons (Fsp3) is 0.529. The Morgan fingerprint density at radius 2 is 1.68 bits per heavy atom. The number of alkyl halides is 3. The van der Waals surface area contributed by atoms with Gasteiger partial charge in [0.1, 0.15) is 17.8 Å². The van der Waals surface area contributed by atoms with Crippen molar-refractivity contribution in [1.82, 2.24) is 0 Å². The lowest BCUT2D eigenvalue weighted by Crippen LogP contribution is -2.79. The van der Waals surface area contributed by atoms with Crippen molar-refractivity contribution >= 4 is 56.5 Å². The van der Waals surface area contributed by atoms with E-state index in [4.69, 9.17) is 5.73 Å². The number of urea groups is 1. The van der Waals surface area contributed by atoms with Crippen LogP contribution in [0.15, 0.2) is 28.7 Å². The zero-order valence-corrected chi connectivity index (χ0v) is 29.7. The van der Waals surface area contributed by atoms with Crippen molar-refractivity contribution in [2.75, 3.05) is 29.6 Å². The van der Waals surface area contributed by atoms with E-state index in [9.17, 15) is 52.8 Å². The van der Waals surface area contributed by atoms with E-state index in [2.05, 4.69) is 26.6 Å². The molecule has 2 aromatic rings. The number of fused-ring (bicyclic) bond motifs is 3. The molecule has 16 heteroatoms. The number of rotatable bonds is 5. The standard InChI is InChI=1S/C34H40BrF3N4O8/c1-13(2)22-26(45)21(29(39)48)27(46)33(50)28(47)23-25(44)20-15(11-31(23,3)12-32(22,33)4)19(42(5)6)10-18(24(20)43)41-30(49)40-17-8-7-14(35)9-16(17)34(36,37)38/h7-10,13,21-23,26,28,43,45,47,50H,11-12H2,1-6H3,(H2,39,48)(H2,40,41,49)/t21-,22+,23-,26?,28?,31-,32-,33+/m1/s1. The zero-order chi connectivity index (χ0) is 37.6. The summed E-state index contributed by atoms with van der Waals surface area (Å²) in [4.78, 5) is 55.6. The first-order valence-corrected chi connectivity index (χ1v) is 16.7. The van der Waals surface area contributed by atoms with Gasteiger partial charge in [-0.25, -0.2) is 4.79 Å². The number of aliphatic hydroxyl groups is 3. The fourth-order valence-electron chi connectivity index (χ4n) is 9.21. The van der Waals surface area contributed by atoms with Crippen LogP contribution >= 0.6 is 15.9 Å². The topological polar surface area (TPSA) is 203 Å². The van der Waals surface area contributed by atoms with E-state index < -0.39 is 99.0 Å². The molecule has 3 aliphatic rings. The Labute approximate surface area is 294 Å². The number of nitrogens with zero attached hydrogens (tertiary/aromatic N) is 1. The molecule has 2 aromatic carbocycles. The maximum absolute atomic E-state index is 14.5. The highest BCUT2D eigenvalue weighted by Crippen LogP contribution is 2.66.